The molecule has 1 atom stereocenters. The van der Waals surface area contributed by atoms with Crippen LogP contribution in [0.2, 0.25) is 25.7 Å². The Labute approximate surface area is 122 Å². The molecule has 0 aromatic rings. The lowest BCUT2D eigenvalue weighted by atomic mass is 10.5. The van der Waals surface area contributed by atoms with Gasteiger partial charge in [-0.15, -0.1) is 0 Å². The molecule has 8 heteroatoms. The number of alkyl halides is 3. The van der Waals surface area contributed by atoms with Crippen LogP contribution in [0.5, 0.6) is 0 Å². The van der Waals surface area contributed by atoms with Crippen molar-refractivity contribution in [3.63, 3.8) is 0 Å². The van der Waals surface area contributed by atoms with Gasteiger partial charge >= 0.3 is 23.3 Å². The molecule has 3 nitrogen and oxygen atoms in total. The Morgan fingerprint density at radius 2 is 1.35 bits per heavy atom. The molecule has 0 saturated carbocycles. The summed E-state index contributed by atoms with van der Waals surface area (Å²) < 4.78 is 54.8. The van der Waals surface area contributed by atoms with E-state index in [1.807, 2.05) is 26.9 Å². The first kappa shape index (κ1) is 20.1. The molecule has 1 unspecified atom stereocenters. The van der Waals surface area contributed by atoms with Crippen LogP contribution >= 0.6 is 0 Å². The molecule has 0 rings (SSSR count). The summed E-state index contributed by atoms with van der Waals surface area (Å²) in [6.07, 6.45) is -5.25. The van der Waals surface area contributed by atoms with Crippen LogP contribution in [0.15, 0.2) is 0 Å². The fourth-order valence-corrected chi connectivity index (χ4v) is 10.1. The van der Waals surface area contributed by atoms with Crippen LogP contribution in [-0.2, 0) is 13.0 Å². The predicted octanol–water partition coefficient (Wildman–Crippen LogP) is 4.58. The second-order valence-electron chi connectivity index (χ2n) is 6.08. The quantitative estimate of drug-likeness (QED) is 0.609. The summed E-state index contributed by atoms with van der Waals surface area (Å²) in [4.78, 5) is 0. The van der Waals surface area contributed by atoms with E-state index in [-0.39, 0.29) is 18.3 Å². The highest BCUT2D eigenvalue weighted by Gasteiger charge is 2.44. The second kappa shape index (κ2) is 7.39. The molecule has 0 N–H and O–H groups in total. The van der Waals surface area contributed by atoms with Crippen molar-refractivity contribution in [2.24, 2.45) is 0 Å². The molecule has 0 aromatic heterocycles. The Bertz CT molecular complexity index is 296. The minimum atomic E-state index is -4.19. The van der Waals surface area contributed by atoms with Crippen LogP contribution in [0, 0.1) is 0 Å². The van der Waals surface area contributed by atoms with Gasteiger partial charge in [0, 0.05) is 18.6 Å². The maximum Gasteiger partial charge on any atom is 0.389 e. The third-order valence-electron chi connectivity index (χ3n) is 2.33. The molecule has 0 fully saturated rings. The summed E-state index contributed by atoms with van der Waals surface area (Å²) >= 11 is 0. The predicted molar refractivity (Wildman–Crippen MR) is 78.1 cm³/mol. The minimum Gasteiger partial charge on any atom is -0.415 e. The van der Waals surface area contributed by atoms with Crippen LogP contribution in [-0.4, -0.2) is 35.5 Å². The zero-order valence-electron chi connectivity index (χ0n) is 13.4. The third-order valence-corrected chi connectivity index (χ3v) is 9.19. The van der Waals surface area contributed by atoms with Crippen molar-refractivity contribution in [1.82, 2.24) is 0 Å². The maximum absolute atomic E-state index is 12.5. The molecule has 0 aliphatic carbocycles. The number of hydrogen-bond donors (Lipinski definition) is 0. The molecular weight excluding hydrogens is 305 g/mol. The average Bonchev–Trinajstić information content (AvgIpc) is 2.08. The van der Waals surface area contributed by atoms with Gasteiger partial charge in [-0.2, -0.15) is 13.2 Å². The SMILES string of the molecule is CC(C)O[Si](C)(C)O[Si](C)(CCC(F)(F)F)OC(C)C. The first-order chi connectivity index (χ1) is 8.75. The maximum atomic E-state index is 12.5. The number of hydrogen-bond acceptors (Lipinski definition) is 3. The molecule has 0 bridgehead atoms. The van der Waals surface area contributed by atoms with E-state index < -0.39 is 29.7 Å². The Balaban J connectivity index is 4.85. The van der Waals surface area contributed by atoms with Crippen molar-refractivity contribution in [3.8, 4) is 0 Å². The van der Waals surface area contributed by atoms with E-state index in [0.717, 1.165) is 0 Å². The summed E-state index contributed by atoms with van der Waals surface area (Å²) in [6, 6.07) is -0.105. The van der Waals surface area contributed by atoms with Crippen LogP contribution < -0.4 is 0 Å². The van der Waals surface area contributed by atoms with Gasteiger partial charge in [0.05, 0.1) is 0 Å². The molecule has 0 aromatic carbocycles. The Kier molecular flexibility index (Phi) is 7.43. The first-order valence-corrected chi connectivity index (χ1v) is 12.2. The van der Waals surface area contributed by atoms with Gasteiger partial charge in [-0.25, -0.2) is 0 Å². The summed E-state index contributed by atoms with van der Waals surface area (Å²) in [5, 5.41) is 0. The summed E-state index contributed by atoms with van der Waals surface area (Å²) in [6.45, 7) is 12.8. The van der Waals surface area contributed by atoms with E-state index >= 15 is 0 Å². The van der Waals surface area contributed by atoms with Gasteiger partial charge in [-0.3, -0.25) is 0 Å². The van der Waals surface area contributed by atoms with Gasteiger partial charge in [0.1, 0.15) is 0 Å². The standard InChI is InChI=1S/C12H27F3O3Si2/c1-10(2)16-19(5,6)18-20(7,17-11(3)4)9-8-12(13,14)15/h10-11H,8-9H2,1-7H3. The average molecular weight is 333 g/mol. The molecule has 0 saturated heterocycles. The summed E-state index contributed by atoms with van der Waals surface area (Å²) in [7, 11) is -5.40. The lowest BCUT2D eigenvalue weighted by Crippen LogP contribution is -2.52. The van der Waals surface area contributed by atoms with E-state index in [1.165, 1.54) is 0 Å². The molecule has 20 heavy (non-hydrogen) atoms. The van der Waals surface area contributed by atoms with E-state index in [2.05, 4.69) is 0 Å². The van der Waals surface area contributed by atoms with Crippen LogP contribution in [0.1, 0.15) is 34.1 Å². The second-order valence-corrected chi connectivity index (χ2v) is 12.9. The molecule has 0 aliphatic rings. The van der Waals surface area contributed by atoms with Gasteiger partial charge in [0.15, 0.2) is 0 Å². The fraction of sp³-hybridized carbons (Fsp3) is 1.00. The molecule has 122 valence electrons. The third kappa shape index (κ3) is 9.92. The van der Waals surface area contributed by atoms with E-state index in [4.69, 9.17) is 13.0 Å². The van der Waals surface area contributed by atoms with Crippen LogP contribution in [0.25, 0.3) is 0 Å². The normalized spacial score (nSPS) is 16.8. The van der Waals surface area contributed by atoms with E-state index in [0.29, 0.717) is 0 Å². The Hall–Kier alpha value is 0.104. The first-order valence-electron chi connectivity index (χ1n) is 6.87. The topological polar surface area (TPSA) is 27.7 Å². The van der Waals surface area contributed by atoms with Crippen molar-refractivity contribution < 1.29 is 26.1 Å². The zero-order valence-corrected chi connectivity index (χ0v) is 15.4. The fourth-order valence-electron chi connectivity index (χ4n) is 2.11. The highest BCUT2D eigenvalue weighted by atomic mass is 28.5. The lowest BCUT2D eigenvalue weighted by molar-refractivity contribution is -0.131. The van der Waals surface area contributed by atoms with Gasteiger partial charge in [0.25, 0.3) is 0 Å². The molecule has 0 radical (unpaired) electrons. The van der Waals surface area contributed by atoms with Crippen LogP contribution in [0.3, 0.4) is 0 Å². The van der Waals surface area contributed by atoms with Gasteiger partial charge in [-0.05, 0) is 53.4 Å². The monoisotopic (exact) mass is 332 g/mol. The van der Waals surface area contributed by atoms with Gasteiger partial charge < -0.3 is 13.0 Å². The molecule has 0 spiro atoms. The van der Waals surface area contributed by atoms with E-state index in [9.17, 15) is 13.2 Å². The Morgan fingerprint density at radius 1 is 0.900 bits per heavy atom. The molecular formula is C12H27F3O3Si2. The van der Waals surface area contributed by atoms with Crippen molar-refractivity contribution in [2.75, 3.05) is 0 Å². The highest BCUT2D eigenvalue weighted by molar-refractivity contribution is 6.79. The van der Waals surface area contributed by atoms with Crippen molar-refractivity contribution in [1.29, 1.82) is 0 Å². The van der Waals surface area contributed by atoms with Gasteiger partial charge in [-0.1, -0.05) is 0 Å². The Morgan fingerprint density at radius 3 is 1.70 bits per heavy atom. The van der Waals surface area contributed by atoms with Crippen LogP contribution in [0.4, 0.5) is 13.2 Å². The molecule has 0 amide bonds. The highest BCUT2D eigenvalue weighted by Crippen LogP contribution is 2.30. The van der Waals surface area contributed by atoms with E-state index in [1.54, 1.807) is 20.4 Å². The minimum absolute atomic E-state index is 0.0171. The summed E-state index contributed by atoms with van der Waals surface area (Å²) in [5.41, 5.74) is 0. The lowest BCUT2D eigenvalue weighted by Gasteiger charge is -2.37. The number of halogens is 3. The smallest absolute Gasteiger partial charge is 0.389 e. The molecule has 0 heterocycles. The van der Waals surface area contributed by atoms with Crippen molar-refractivity contribution in [3.05, 3.63) is 0 Å². The summed E-state index contributed by atoms with van der Waals surface area (Å²) in [5.74, 6) is 0. The molecule has 0 aliphatic heterocycles. The van der Waals surface area contributed by atoms with Gasteiger partial charge in [0.2, 0.25) is 0 Å². The van der Waals surface area contributed by atoms with Crippen molar-refractivity contribution in [2.45, 2.75) is 78.2 Å². The zero-order chi connectivity index (χ0) is 16.2. The van der Waals surface area contributed by atoms with Crippen molar-refractivity contribution >= 4 is 17.1 Å². The largest absolute Gasteiger partial charge is 0.415 e. The number of rotatable bonds is 8.